The molecule has 3 fully saturated rings. The summed E-state index contributed by atoms with van der Waals surface area (Å²) in [6, 6.07) is 14.4. The maximum Gasteiger partial charge on any atom is 0.248 e. The summed E-state index contributed by atoms with van der Waals surface area (Å²) in [6.45, 7) is 9.45. The lowest BCUT2D eigenvalue weighted by atomic mass is 9.72. The number of carbonyl (C=O) groups is 1. The van der Waals surface area contributed by atoms with Crippen molar-refractivity contribution in [3.63, 3.8) is 0 Å². The van der Waals surface area contributed by atoms with Crippen molar-refractivity contribution in [2.45, 2.75) is 75.3 Å². The highest BCUT2D eigenvalue weighted by atomic mass is 32.2. The van der Waals surface area contributed by atoms with Gasteiger partial charge in [-0.05, 0) is 101 Å². The van der Waals surface area contributed by atoms with E-state index >= 15 is 0 Å². The molecule has 2 heterocycles. The number of likely N-dealkylation sites (N-methyl/N-ethyl adjacent to an activating group) is 2. The molecular formula is C36H54N4O5S. The number of methoxy groups -OCH3 is 1. The first kappa shape index (κ1) is 34.8. The minimum absolute atomic E-state index is 0.0231. The predicted molar refractivity (Wildman–Crippen MR) is 182 cm³/mol. The fourth-order valence-corrected chi connectivity index (χ4v) is 9.73. The number of carbonyl (C=O) groups excluding carboxylic acids is 1. The number of rotatable bonds is 12. The van der Waals surface area contributed by atoms with Gasteiger partial charge in [-0.3, -0.25) is 9.69 Å². The van der Waals surface area contributed by atoms with Crippen LogP contribution in [0.25, 0.3) is 0 Å². The normalized spacial score (nSPS) is 25.1. The first-order valence-electron chi connectivity index (χ1n) is 17.0. The molecule has 0 spiro atoms. The quantitative estimate of drug-likeness (QED) is 0.337. The largest absolute Gasteiger partial charge is 0.497 e. The molecule has 46 heavy (non-hydrogen) atoms. The lowest BCUT2D eigenvalue weighted by Crippen LogP contribution is -2.58. The molecule has 1 saturated carbocycles. The van der Waals surface area contributed by atoms with Crippen molar-refractivity contribution in [2.24, 2.45) is 5.92 Å². The topological polar surface area (TPSA) is 82.6 Å². The minimum atomic E-state index is -3.68. The zero-order valence-electron chi connectivity index (χ0n) is 28.5. The molecule has 254 valence electrons. The van der Waals surface area contributed by atoms with E-state index in [1.807, 2.05) is 11.9 Å². The van der Waals surface area contributed by atoms with Gasteiger partial charge in [0.05, 0.1) is 18.1 Å². The molecule has 9 nitrogen and oxygen atoms in total. The molecule has 1 atom stereocenters. The second-order valence-corrected chi connectivity index (χ2v) is 15.8. The van der Waals surface area contributed by atoms with Crippen molar-refractivity contribution in [1.82, 2.24) is 19.0 Å². The second-order valence-electron chi connectivity index (χ2n) is 13.9. The molecule has 3 aliphatic rings. The van der Waals surface area contributed by atoms with Crippen LogP contribution >= 0.6 is 0 Å². The van der Waals surface area contributed by atoms with Crippen LogP contribution in [0.4, 0.5) is 0 Å². The van der Waals surface area contributed by atoms with Gasteiger partial charge in [0.1, 0.15) is 12.4 Å². The van der Waals surface area contributed by atoms with Crippen molar-refractivity contribution in [3.05, 3.63) is 59.2 Å². The Balaban J connectivity index is 1.10. The van der Waals surface area contributed by atoms with Gasteiger partial charge in [-0.1, -0.05) is 30.3 Å². The number of aryl methyl sites for hydroxylation is 3. The molecular weight excluding hydrogens is 600 g/mol. The van der Waals surface area contributed by atoms with Gasteiger partial charge in [0.2, 0.25) is 15.9 Å². The zero-order chi connectivity index (χ0) is 32.9. The molecule has 2 aromatic rings. The van der Waals surface area contributed by atoms with Crippen molar-refractivity contribution < 1.29 is 22.7 Å². The summed E-state index contributed by atoms with van der Waals surface area (Å²) in [4.78, 5) is 20.5. The lowest BCUT2D eigenvalue weighted by molar-refractivity contribution is -0.137. The van der Waals surface area contributed by atoms with Crippen LogP contribution < -0.4 is 4.74 Å². The summed E-state index contributed by atoms with van der Waals surface area (Å²) in [7, 11) is 2.00. The lowest BCUT2D eigenvalue weighted by Gasteiger charge is -2.51. The predicted octanol–water partition coefficient (Wildman–Crippen LogP) is 4.36. The molecule has 1 unspecified atom stereocenters. The molecule has 2 aromatic carbocycles. The molecule has 0 bridgehead atoms. The number of sulfonamides is 1. The Kier molecular flexibility index (Phi) is 11.5. The summed E-state index contributed by atoms with van der Waals surface area (Å²) in [5.74, 6) is 1.09. The maximum atomic E-state index is 13.5. The van der Waals surface area contributed by atoms with Gasteiger partial charge in [-0.2, -0.15) is 4.31 Å². The van der Waals surface area contributed by atoms with Gasteiger partial charge in [0.25, 0.3) is 0 Å². The fraction of sp³-hybridized carbons (Fsp3) is 0.639. The standard InChI is InChI=1S/C36H54N4O5S/c1-28-23-33(44-5)24-29(2)35(28)46(42,43)40-18-14-32(26-40)45-27-34(41)38(4)25-31-12-16-36(17-13-31,39-21-19-37(3)20-22-39)15-11-30-9-7-6-8-10-30/h6-10,23-24,31-32H,11-22,25-27H2,1-5H3. The molecule has 10 heteroatoms. The smallest absolute Gasteiger partial charge is 0.248 e. The van der Waals surface area contributed by atoms with E-state index in [0.717, 1.165) is 52.0 Å². The van der Waals surface area contributed by atoms with Crippen LogP contribution in [-0.2, 0) is 26.0 Å². The summed E-state index contributed by atoms with van der Waals surface area (Å²) in [6.07, 6.45) is 7.16. The molecule has 2 aliphatic heterocycles. The zero-order valence-corrected chi connectivity index (χ0v) is 29.4. The van der Waals surface area contributed by atoms with Gasteiger partial charge in [-0.25, -0.2) is 8.42 Å². The van der Waals surface area contributed by atoms with Crippen LogP contribution in [0.5, 0.6) is 5.75 Å². The summed E-state index contributed by atoms with van der Waals surface area (Å²) < 4.78 is 39.8. The molecule has 0 radical (unpaired) electrons. The first-order chi connectivity index (χ1) is 22.0. The van der Waals surface area contributed by atoms with Crippen LogP contribution in [0.15, 0.2) is 47.4 Å². The third kappa shape index (κ3) is 8.13. The Morgan fingerprint density at radius 3 is 2.26 bits per heavy atom. The number of amides is 1. The van der Waals surface area contributed by atoms with Crippen molar-refractivity contribution >= 4 is 15.9 Å². The first-order valence-corrected chi connectivity index (χ1v) is 18.4. The van der Waals surface area contributed by atoms with Crippen LogP contribution in [0.3, 0.4) is 0 Å². The molecule has 0 aromatic heterocycles. The van der Waals surface area contributed by atoms with E-state index in [-0.39, 0.29) is 30.7 Å². The van der Waals surface area contributed by atoms with Gasteiger partial charge in [0.15, 0.2) is 0 Å². The number of hydrogen-bond donors (Lipinski definition) is 0. The average Bonchev–Trinajstić information content (AvgIpc) is 3.54. The monoisotopic (exact) mass is 654 g/mol. The van der Waals surface area contributed by atoms with Gasteiger partial charge in [0, 0.05) is 58.4 Å². The van der Waals surface area contributed by atoms with Crippen LogP contribution in [0.2, 0.25) is 0 Å². The van der Waals surface area contributed by atoms with E-state index in [1.54, 1.807) is 33.1 Å². The molecule has 1 amide bonds. The third-order valence-corrected chi connectivity index (χ3v) is 12.9. The van der Waals surface area contributed by atoms with Crippen molar-refractivity contribution in [2.75, 3.05) is 73.6 Å². The van der Waals surface area contributed by atoms with E-state index < -0.39 is 10.0 Å². The Morgan fingerprint density at radius 2 is 1.63 bits per heavy atom. The molecule has 5 rings (SSSR count). The number of hydrogen-bond acceptors (Lipinski definition) is 7. The Labute approximate surface area is 276 Å². The third-order valence-electron chi connectivity index (χ3n) is 10.7. The summed E-state index contributed by atoms with van der Waals surface area (Å²) in [5.41, 5.74) is 2.98. The van der Waals surface area contributed by atoms with E-state index in [9.17, 15) is 13.2 Å². The van der Waals surface area contributed by atoms with Crippen molar-refractivity contribution in [1.29, 1.82) is 0 Å². The number of nitrogens with zero attached hydrogens (tertiary/aromatic N) is 4. The van der Waals surface area contributed by atoms with Gasteiger partial charge >= 0.3 is 0 Å². The number of piperazine rings is 1. The van der Waals surface area contributed by atoms with Crippen LogP contribution in [0.1, 0.15) is 55.2 Å². The van der Waals surface area contributed by atoms with Crippen molar-refractivity contribution in [3.8, 4) is 5.75 Å². The Bertz CT molecular complexity index is 1400. The molecule has 1 aliphatic carbocycles. The van der Waals surface area contributed by atoms with E-state index in [4.69, 9.17) is 9.47 Å². The number of benzene rings is 2. The van der Waals surface area contributed by atoms with E-state index in [2.05, 4.69) is 47.2 Å². The van der Waals surface area contributed by atoms with Gasteiger partial charge < -0.3 is 19.3 Å². The fourth-order valence-electron chi connectivity index (χ4n) is 7.83. The average molecular weight is 655 g/mol. The molecule has 0 N–H and O–H groups in total. The number of ether oxygens (including phenoxy) is 2. The highest BCUT2D eigenvalue weighted by Crippen LogP contribution is 2.41. The van der Waals surface area contributed by atoms with Gasteiger partial charge in [-0.15, -0.1) is 0 Å². The Morgan fingerprint density at radius 1 is 0.978 bits per heavy atom. The summed E-state index contributed by atoms with van der Waals surface area (Å²) in [5, 5.41) is 0. The maximum absolute atomic E-state index is 13.5. The Hall–Kier alpha value is -2.50. The van der Waals surface area contributed by atoms with E-state index in [1.165, 1.54) is 29.1 Å². The second kappa shape index (κ2) is 15.2. The SMILES string of the molecule is COc1cc(C)c(S(=O)(=O)N2CCC(OCC(=O)N(C)CC3CCC(CCc4ccccc4)(N4CCN(C)CC4)CC3)C2)c(C)c1. The highest BCUT2D eigenvalue weighted by Gasteiger charge is 2.41. The summed E-state index contributed by atoms with van der Waals surface area (Å²) >= 11 is 0. The molecule has 2 saturated heterocycles. The minimum Gasteiger partial charge on any atom is -0.497 e. The van der Waals surface area contributed by atoms with Crippen LogP contribution in [-0.4, -0.2) is 119 Å². The van der Waals surface area contributed by atoms with E-state index in [0.29, 0.717) is 40.7 Å². The highest BCUT2D eigenvalue weighted by molar-refractivity contribution is 7.89. The van der Waals surface area contributed by atoms with Crippen LogP contribution in [0, 0.1) is 19.8 Å².